The minimum absolute atomic E-state index is 0.0699. The van der Waals surface area contributed by atoms with Gasteiger partial charge in [-0.15, -0.1) is 18.9 Å². The molecule has 2 amide bonds. The number of nitrogens with one attached hydrogen (secondary N) is 3. The number of ether oxygens (including phenoxy) is 1. The Bertz CT molecular complexity index is 658. The average Bonchev–Trinajstić information content (AvgIpc) is 2.71. The number of aliphatic hydroxyl groups excluding tert-OH is 1. The fraction of sp³-hybridized carbons (Fsp3) is 0.650. The molecule has 162 valence electrons. The van der Waals surface area contributed by atoms with Crippen LogP contribution < -0.4 is 16.1 Å². The number of hydrogen-bond donors (Lipinski definition) is 4. The summed E-state index contributed by atoms with van der Waals surface area (Å²) in [7, 11) is 1.29. The van der Waals surface area contributed by atoms with Crippen molar-refractivity contribution in [2.24, 2.45) is 5.41 Å². The maximum Gasteiger partial charge on any atom is 0.324 e. The third-order valence-corrected chi connectivity index (χ3v) is 4.86. The molecule has 0 aromatic rings. The molecule has 0 saturated carbocycles. The van der Waals surface area contributed by atoms with Crippen LogP contribution in [0, 0.1) is 17.8 Å². The first-order chi connectivity index (χ1) is 13.6. The standard InChI is InChI=1S/C20H32N4O5/c1-7-10-14(22-19(28)20(4,5)8-2)16(25)21-13(3)17(26)24-12-9-11-15(23-24)18(27)29-6/h1,8,13-16,21,23,25H,2,9-12H2,3-6H3,(H,22,28)/t13-,14-,15-,16?/m0/s1. The van der Waals surface area contributed by atoms with Crippen molar-refractivity contribution in [1.29, 1.82) is 0 Å². The van der Waals surface area contributed by atoms with Gasteiger partial charge in [0.1, 0.15) is 12.3 Å². The van der Waals surface area contributed by atoms with Crippen molar-refractivity contribution in [2.45, 2.75) is 64.4 Å². The fourth-order valence-corrected chi connectivity index (χ4v) is 2.75. The summed E-state index contributed by atoms with van der Waals surface area (Å²) >= 11 is 0. The molecule has 0 spiro atoms. The predicted octanol–water partition coefficient (Wildman–Crippen LogP) is -0.328. The van der Waals surface area contributed by atoms with Gasteiger partial charge >= 0.3 is 5.97 Å². The van der Waals surface area contributed by atoms with E-state index in [0.29, 0.717) is 19.4 Å². The third-order valence-electron chi connectivity index (χ3n) is 4.86. The number of aliphatic hydroxyl groups is 1. The minimum atomic E-state index is -1.25. The Labute approximate surface area is 172 Å². The van der Waals surface area contributed by atoms with Crippen LogP contribution in [0.5, 0.6) is 0 Å². The monoisotopic (exact) mass is 408 g/mol. The van der Waals surface area contributed by atoms with Crippen molar-refractivity contribution in [3.63, 3.8) is 0 Å². The molecule has 0 aliphatic carbocycles. The molecule has 9 nitrogen and oxygen atoms in total. The third kappa shape index (κ3) is 6.85. The van der Waals surface area contributed by atoms with Gasteiger partial charge in [0.05, 0.1) is 24.6 Å². The summed E-state index contributed by atoms with van der Waals surface area (Å²) in [5.74, 6) is 1.28. The number of rotatable bonds is 9. The number of terminal acetylenes is 1. The van der Waals surface area contributed by atoms with Crippen molar-refractivity contribution in [1.82, 2.24) is 21.1 Å². The summed E-state index contributed by atoms with van der Waals surface area (Å²) in [5, 5.41) is 17.3. The number of amides is 2. The number of nitrogens with zero attached hydrogens (tertiary/aromatic N) is 1. The Balaban J connectivity index is 2.73. The lowest BCUT2D eigenvalue weighted by atomic mass is 9.92. The molecule has 1 rings (SSSR count). The second kappa shape index (κ2) is 11.0. The Hall–Kier alpha value is -2.41. The highest BCUT2D eigenvalue weighted by atomic mass is 16.5. The highest BCUT2D eigenvalue weighted by Crippen LogP contribution is 2.17. The number of hydrogen-bond acceptors (Lipinski definition) is 7. The first-order valence-electron chi connectivity index (χ1n) is 9.54. The minimum Gasteiger partial charge on any atom is -0.468 e. The summed E-state index contributed by atoms with van der Waals surface area (Å²) in [5.41, 5.74) is 2.01. The summed E-state index contributed by atoms with van der Waals surface area (Å²) in [6.07, 6.45) is 6.88. The molecule has 1 fully saturated rings. The topological polar surface area (TPSA) is 120 Å². The first-order valence-corrected chi connectivity index (χ1v) is 9.54. The normalized spacial score (nSPS) is 20.0. The van der Waals surface area contributed by atoms with Crippen LogP contribution in [-0.4, -0.2) is 65.9 Å². The van der Waals surface area contributed by atoms with Crippen LogP contribution in [0.3, 0.4) is 0 Å². The molecule has 4 atom stereocenters. The van der Waals surface area contributed by atoms with E-state index in [-0.39, 0.29) is 18.2 Å². The number of carbonyl (C=O) groups excluding carboxylic acids is 3. The summed E-state index contributed by atoms with van der Waals surface area (Å²) < 4.78 is 4.71. The van der Waals surface area contributed by atoms with Crippen LogP contribution in [0.2, 0.25) is 0 Å². The van der Waals surface area contributed by atoms with E-state index in [1.54, 1.807) is 20.8 Å². The number of methoxy groups -OCH3 is 1. The van der Waals surface area contributed by atoms with Crippen LogP contribution >= 0.6 is 0 Å². The molecule has 0 bridgehead atoms. The molecule has 1 aliphatic heterocycles. The summed E-state index contributed by atoms with van der Waals surface area (Å²) in [6.45, 7) is 9.01. The van der Waals surface area contributed by atoms with Crippen molar-refractivity contribution in [2.75, 3.05) is 13.7 Å². The lowest BCUT2D eigenvalue weighted by Gasteiger charge is -2.35. The highest BCUT2D eigenvalue weighted by molar-refractivity contribution is 5.84. The molecule has 1 unspecified atom stereocenters. The van der Waals surface area contributed by atoms with Crippen molar-refractivity contribution < 1.29 is 24.2 Å². The second-order valence-corrected chi connectivity index (χ2v) is 7.58. The molecule has 1 aliphatic rings. The first kappa shape index (κ1) is 24.6. The maximum atomic E-state index is 12.7. The van der Waals surface area contributed by atoms with Gasteiger partial charge in [0.2, 0.25) is 5.91 Å². The number of esters is 1. The van der Waals surface area contributed by atoms with Crippen molar-refractivity contribution in [3.8, 4) is 12.3 Å². The zero-order valence-electron chi connectivity index (χ0n) is 17.5. The molecule has 1 saturated heterocycles. The summed E-state index contributed by atoms with van der Waals surface area (Å²) in [4.78, 5) is 36.8. The van der Waals surface area contributed by atoms with E-state index in [0.717, 1.165) is 0 Å². The van der Waals surface area contributed by atoms with Gasteiger partial charge in [-0.1, -0.05) is 6.08 Å². The highest BCUT2D eigenvalue weighted by Gasteiger charge is 2.33. The van der Waals surface area contributed by atoms with E-state index in [9.17, 15) is 19.5 Å². The van der Waals surface area contributed by atoms with E-state index in [1.165, 1.54) is 18.2 Å². The summed E-state index contributed by atoms with van der Waals surface area (Å²) in [6, 6.07) is -2.18. The molecule has 0 aromatic heterocycles. The molecule has 0 aromatic carbocycles. The molecule has 4 N–H and O–H groups in total. The largest absolute Gasteiger partial charge is 0.468 e. The van der Waals surface area contributed by atoms with E-state index in [1.807, 2.05) is 0 Å². The quantitative estimate of drug-likeness (QED) is 0.178. The van der Waals surface area contributed by atoms with Crippen molar-refractivity contribution in [3.05, 3.63) is 12.7 Å². The second-order valence-electron chi connectivity index (χ2n) is 7.58. The van der Waals surface area contributed by atoms with Gasteiger partial charge in [-0.3, -0.25) is 24.7 Å². The average molecular weight is 408 g/mol. The van der Waals surface area contributed by atoms with Crippen molar-refractivity contribution >= 4 is 17.8 Å². The SMILES string of the molecule is C#CC[C@H](NC(=O)C(C)(C)C=C)C(O)N[C@@H](C)C(=O)N1CCC[C@@H](C(=O)OC)N1. The zero-order valence-corrected chi connectivity index (χ0v) is 17.5. The van der Waals surface area contributed by atoms with Gasteiger partial charge in [0.25, 0.3) is 5.91 Å². The fourth-order valence-electron chi connectivity index (χ4n) is 2.75. The van der Waals surface area contributed by atoms with Crippen LogP contribution in [0.25, 0.3) is 0 Å². The Kier molecular flexibility index (Phi) is 9.30. The molecule has 1 heterocycles. The lowest BCUT2D eigenvalue weighted by Crippen LogP contribution is -2.61. The van der Waals surface area contributed by atoms with Gasteiger partial charge in [0, 0.05) is 13.0 Å². The maximum absolute atomic E-state index is 12.7. The van der Waals surface area contributed by atoms with Gasteiger partial charge in [-0.05, 0) is 33.6 Å². The lowest BCUT2D eigenvalue weighted by molar-refractivity contribution is -0.150. The predicted molar refractivity (Wildman–Crippen MR) is 108 cm³/mol. The van der Waals surface area contributed by atoms with E-state index < -0.39 is 35.7 Å². The number of hydrazine groups is 1. The zero-order chi connectivity index (χ0) is 22.2. The van der Waals surface area contributed by atoms with Crippen LogP contribution in [0.1, 0.15) is 40.0 Å². The van der Waals surface area contributed by atoms with Gasteiger partial charge in [-0.25, -0.2) is 5.43 Å². The molecule has 9 heteroatoms. The van der Waals surface area contributed by atoms with Gasteiger partial charge < -0.3 is 15.2 Å². The van der Waals surface area contributed by atoms with Crippen LogP contribution in [-0.2, 0) is 19.1 Å². The van der Waals surface area contributed by atoms with Gasteiger partial charge in [0.15, 0.2) is 0 Å². The molecule has 29 heavy (non-hydrogen) atoms. The molecular formula is C20H32N4O5. The van der Waals surface area contributed by atoms with Crippen LogP contribution in [0.15, 0.2) is 12.7 Å². The van der Waals surface area contributed by atoms with E-state index in [4.69, 9.17) is 11.2 Å². The van der Waals surface area contributed by atoms with Crippen LogP contribution in [0.4, 0.5) is 0 Å². The Morgan fingerprint density at radius 1 is 1.48 bits per heavy atom. The van der Waals surface area contributed by atoms with E-state index >= 15 is 0 Å². The molecule has 0 radical (unpaired) electrons. The van der Waals surface area contributed by atoms with E-state index in [2.05, 4.69) is 28.6 Å². The smallest absolute Gasteiger partial charge is 0.324 e. The Morgan fingerprint density at radius 3 is 2.69 bits per heavy atom. The molecular weight excluding hydrogens is 376 g/mol. The Morgan fingerprint density at radius 2 is 2.14 bits per heavy atom. The number of carbonyl (C=O) groups is 3. The van der Waals surface area contributed by atoms with Gasteiger partial charge in [-0.2, -0.15) is 0 Å².